The van der Waals surface area contributed by atoms with Crippen LogP contribution in [0.2, 0.25) is 0 Å². The molecule has 0 aliphatic heterocycles. The average Bonchev–Trinajstić information content (AvgIpc) is 2.08. The second-order valence-corrected chi connectivity index (χ2v) is 2.62. The van der Waals surface area contributed by atoms with Crippen molar-refractivity contribution in [3.8, 4) is 5.75 Å². The van der Waals surface area contributed by atoms with Gasteiger partial charge < -0.3 is 4.18 Å². The van der Waals surface area contributed by atoms with Crippen LogP contribution >= 0.6 is 12.0 Å². The summed E-state index contributed by atoms with van der Waals surface area (Å²) in [4.78, 5) is 9.71. The molecule has 13 heavy (non-hydrogen) atoms. The van der Waals surface area contributed by atoms with E-state index in [4.69, 9.17) is 4.18 Å². The van der Waals surface area contributed by atoms with Crippen molar-refractivity contribution in [2.45, 2.75) is 0 Å². The van der Waals surface area contributed by atoms with E-state index < -0.39 is 10.7 Å². The molecule has 0 radical (unpaired) electrons. The molecule has 70 valence electrons. The van der Waals surface area contributed by atoms with Gasteiger partial charge in [-0.05, 0) is 12.1 Å². The van der Waals surface area contributed by atoms with Gasteiger partial charge in [0.15, 0.2) is 0 Å². The van der Waals surface area contributed by atoms with Gasteiger partial charge in [-0.1, -0.05) is 0 Å². The van der Waals surface area contributed by atoms with E-state index in [9.17, 15) is 14.5 Å². The summed E-state index contributed by atoms with van der Waals surface area (Å²) >= 11 is 0.965. The summed E-state index contributed by atoms with van der Waals surface area (Å²) in [6.07, 6.45) is 1.62. The summed E-state index contributed by atoms with van der Waals surface area (Å²) in [5.74, 6) is -0.598. The maximum absolute atomic E-state index is 12.6. The minimum absolute atomic E-state index is 0.0545. The zero-order chi connectivity index (χ0) is 9.84. The summed E-state index contributed by atoms with van der Waals surface area (Å²) in [7, 11) is 0. The molecule has 0 heterocycles. The fourth-order valence-corrected chi connectivity index (χ4v) is 1.11. The minimum atomic E-state index is -0.686. The van der Waals surface area contributed by atoms with Crippen LogP contribution < -0.4 is 4.18 Å². The summed E-state index contributed by atoms with van der Waals surface area (Å²) in [5, 5.41) is 10.4. The van der Waals surface area contributed by atoms with Gasteiger partial charge in [-0.15, -0.1) is 0 Å². The quantitative estimate of drug-likeness (QED) is 0.430. The number of nitrogens with zero attached hydrogens (tertiary/aromatic N) is 1. The van der Waals surface area contributed by atoms with E-state index in [-0.39, 0.29) is 11.4 Å². The van der Waals surface area contributed by atoms with Crippen LogP contribution in [0.1, 0.15) is 0 Å². The Kier molecular flexibility index (Phi) is 3.07. The van der Waals surface area contributed by atoms with Crippen molar-refractivity contribution >= 4 is 17.7 Å². The molecule has 0 atom stereocenters. The third kappa shape index (κ3) is 2.32. The Morgan fingerprint density at radius 2 is 2.31 bits per heavy atom. The number of halogens is 1. The molecular weight excluding hydrogens is 197 g/mol. The van der Waals surface area contributed by atoms with Crippen molar-refractivity contribution in [3.63, 3.8) is 0 Å². The Morgan fingerprint density at radius 1 is 1.62 bits per heavy atom. The first-order valence-electron chi connectivity index (χ1n) is 3.29. The first-order chi connectivity index (χ1) is 6.15. The molecule has 0 fully saturated rings. The first kappa shape index (κ1) is 9.79. The number of nitro groups is 1. The van der Waals surface area contributed by atoms with Crippen LogP contribution in [0, 0.1) is 15.9 Å². The van der Waals surface area contributed by atoms with Crippen LogP contribution in [0.15, 0.2) is 18.2 Å². The van der Waals surface area contributed by atoms with Crippen LogP contribution in [0.5, 0.6) is 5.75 Å². The number of benzene rings is 1. The van der Waals surface area contributed by atoms with Gasteiger partial charge in [0.1, 0.15) is 5.82 Å². The van der Waals surface area contributed by atoms with Gasteiger partial charge in [0.05, 0.1) is 23.0 Å². The van der Waals surface area contributed by atoms with E-state index in [0.29, 0.717) is 0 Å². The standard InChI is InChI=1S/C7H6FNO3S/c1-13-12-7-3-2-5(8)4-6(7)9(10)11/h2-4H,1H3. The molecule has 0 bridgehead atoms. The lowest BCUT2D eigenvalue weighted by Crippen LogP contribution is -1.92. The highest BCUT2D eigenvalue weighted by molar-refractivity contribution is 7.94. The SMILES string of the molecule is CSOc1ccc(F)cc1[N+](=O)[O-]. The maximum atomic E-state index is 12.6. The smallest absolute Gasteiger partial charge is 0.315 e. The van der Waals surface area contributed by atoms with Gasteiger partial charge in [0, 0.05) is 6.26 Å². The molecule has 0 N–H and O–H groups in total. The van der Waals surface area contributed by atoms with Gasteiger partial charge in [0.25, 0.3) is 0 Å². The minimum Gasteiger partial charge on any atom is -0.419 e. The van der Waals surface area contributed by atoms with Crippen LogP contribution in [-0.4, -0.2) is 11.2 Å². The summed E-state index contributed by atoms with van der Waals surface area (Å²) in [6, 6.07) is 3.16. The van der Waals surface area contributed by atoms with Gasteiger partial charge in [-0.3, -0.25) is 10.1 Å². The molecule has 1 aromatic carbocycles. The van der Waals surface area contributed by atoms with Crippen molar-refractivity contribution < 1.29 is 13.5 Å². The van der Waals surface area contributed by atoms with Crippen LogP contribution in [0.4, 0.5) is 10.1 Å². The lowest BCUT2D eigenvalue weighted by atomic mass is 10.3. The summed E-state index contributed by atoms with van der Waals surface area (Å²) in [5.41, 5.74) is -0.366. The van der Waals surface area contributed by atoms with Crippen LogP contribution in [0.3, 0.4) is 0 Å². The number of hydrogen-bond donors (Lipinski definition) is 0. The third-order valence-electron chi connectivity index (χ3n) is 1.29. The molecule has 1 rings (SSSR count). The van der Waals surface area contributed by atoms with Crippen LogP contribution in [0.25, 0.3) is 0 Å². The molecule has 0 saturated heterocycles. The zero-order valence-electron chi connectivity index (χ0n) is 6.69. The van der Waals surface area contributed by atoms with Crippen molar-refractivity contribution in [2.24, 2.45) is 0 Å². The summed E-state index contributed by atoms with van der Waals surface area (Å²) in [6.45, 7) is 0. The lowest BCUT2D eigenvalue weighted by Gasteiger charge is -2.01. The Balaban J connectivity index is 3.10. The molecule has 4 nitrogen and oxygen atoms in total. The van der Waals surface area contributed by atoms with Crippen molar-refractivity contribution in [3.05, 3.63) is 34.1 Å². The highest BCUT2D eigenvalue weighted by Gasteiger charge is 2.15. The highest BCUT2D eigenvalue weighted by atomic mass is 32.2. The fourth-order valence-electron chi connectivity index (χ4n) is 0.793. The molecule has 6 heteroatoms. The molecule has 1 aromatic rings. The molecule has 0 saturated carbocycles. The Bertz CT molecular complexity index is 332. The second-order valence-electron chi connectivity index (χ2n) is 2.12. The predicted octanol–water partition coefficient (Wildman–Crippen LogP) is 2.39. The maximum Gasteiger partial charge on any atom is 0.315 e. The molecule has 0 unspecified atom stereocenters. The zero-order valence-corrected chi connectivity index (χ0v) is 7.51. The number of nitro benzene ring substituents is 1. The van der Waals surface area contributed by atoms with Gasteiger partial charge in [0.2, 0.25) is 5.75 Å². The largest absolute Gasteiger partial charge is 0.419 e. The van der Waals surface area contributed by atoms with Crippen molar-refractivity contribution in [1.82, 2.24) is 0 Å². The van der Waals surface area contributed by atoms with E-state index in [2.05, 4.69) is 0 Å². The normalized spacial score (nSPS) is 9.69. The van der Waals surface area contributed by atoms with E-state index in [0.717, 1.165) is 24.2 Å². The fraction of sp³-hybridized carbons (Fsp3) is 0.143. The van der Waals surface area contributed by atoms with E-state index in [1.54, 1.807) is 6.26 Å². The van der Waals surface area contributed by atoms with Crippen LogP contribution in [-0.2, 0) is 0 Å². The first-order valence-corrected chi connectivity index (χ1v) is 4.44. The summed E-state index contributed by atoms with van der Waals surface area (Å²) < 4.78 is 17.4. The molecular formula is C7H6FNO3S. The number of hydrogen-bond acceptors (Lipinski definition) is 4. The Labute approximate surface area is 78.1 Å². The molecule has 0 spiro atoms. The second kappa shape index (κ2) is 4.08. The predicted molar refractivity (Wildman–Crippen MR) is 47.2 cm³/mol. The van der Waals surface area contributed by atoms with E-state index in [1.165, 1.54) is 6.07 Å². The van der Waals surface area contributed by atoms with Gasteiger partial charge >= 0.3 is 5.69 Å². The average molecular weight is 203 g/mol. The monoisotopic (exact) mass is 203 g/mol. The van der Waals surface area contributed by atoms with Crippen molar-refractivity contribution in [2.75, 3.05) is 6.26 Å². The van der Waals surface area contributed by atoms with Gasteiger partial charge in [-0.25, -0.2) is 4.39 Å². The molecule has 0 amide bonds. The molecule has 0 aliphatic carbocycles. The lowest BCUT2D eigenvalue weighted by molar-refractivity contribution is -0.385. The number of rotatable bonds is 3. The van der Waals surface area contributed by atoms with Gasteiger partial charge in [-0.2, -0.15) is 0 Å². The molecule has 0 aliphatic rings. The highest BCUT2D eigenvalue weighted by Crippen LogP contribution is 2.29. The molecule has 0 aromatic heterocycles. The Hall–Kier alpha value is -1.30. The topological polar surface area (TPSA) is 52.4 Å². The third-order valence-corrected chi connectivity index (χ3v) is 1.64. The van der Waals surface area contributed by atoms with Crippen molar-refractivity contribution in [1.29, 1.82) is 0 Å². The Morgan fingerprint density at radius 3 is 2.85 bits per heavy atom. The van der Waals surface area contributed by atoms with E-state index in [1.807, 2.05) is 0 Å². The van der Waals surface area contributed by atoms with E-state index >= 15 is 0 Å².